The molecule has 0 amide bonds. The number of benzene rings is 1. The number of ether oxygens (including phenoxy) is 1. The van der Waals surface area contributed by atoms with Crippen LogP contribution in [0.1, 0.15) is 30.6 Å². The minimum absolute atomic E-state index is 0.0613. The predicted molar refractivity (Wildman–Crippen MR) is 71.8 cm³/mol. The molecule has 0 unspecified atom stereocenters. The molecule has 0 N–H and O–H groups in total. The van der Waals surface area contributed by atoms with Crippen molar-refractivity contribution in [3.8, 4) is 0 Å². The first-order valence-electron chi connectivity index (χ1n) is 5.94. The maximum absolute atomic E-state index is 12.3. The Balaban J connectivity index is 2.39. The van der Waals surface area contributed by atoms with Crippen molar-refractivity contribution in [2.45, 2.75) is 25.9 Å². The molecule has 0 aliphatic carbocycles. The summed E-state index contributed by atoms with van der Waals surface area (Å²) in [5, 5.41) is 1.93. The monoisotopic (exact) mass is 243 g/mol. The third kappa shape index (κ3) is 2.57. The lowest BCUT2D eigenvalue weighted by molar-refractivity contribution is 0.0172. The van der Waals surface area contributed by atoms with Gasteiger partial charge in [0.2, 0.25) is 0 Å². The van der Waals surface area contributed by atoms with Crippen LogP contribution in [0.3, 0.4) is 0 Å². The highest BCUT2D eigenvalue weighted by Crippen LogP contribution is 2.22. The highest BCUT2D eigenvalue weighted by atomic mass is 16.5. The Kier molecular flexibility index (Phi) is 3.43. The van der Waals surface area contributed by atoms with Gasteiger partial charge in [-0.1, -0.05) is 24.3 Å². The van der Waals surface area contributed by atoms with E-state index in [-0.39, 0.29) is 5.78 Å². The van der Waals surface area contributed by atoms with Crippen molar-refractivity contribution < 1.29 is 9.53 Å². The van der Waals surface area contributed by atoms with E-state index >= 15 is 0 Å². The van der Waals surface area contributed by atoms with Gasteiger partial charge in [-0.25, -0.2) is 0 Å². The van der Waals surface area contributed by atoms with E-state index in [1.165, 1.54) is 0 Å². The number of methoxy groups -OCH3 is 1. The Morgan fingerprint density at radius 1 is 1.28 bits per heavy atom. The number of hydrogen-bond acceptors (Lipinski definition) is 3. The minimum atomic E-state index is -0.450. The summed E-state index contributed by atoms with van der Waals surface area (Å²) in [6.07, 6.45) is 3.75. The fraction of sp³-hybridized carbons (Fsp3) is 0.333. The summed E-state index contributed by atoms with van der Waals surface area (Å²) in [5.41, 5.74) is 0.215. The second-order valence-electron chi connectivity index (χ2n) is 4.97. The van der Waals surface area contributed by atoms with Gasteiger partial charge in [0.05, 0.1) is 5.60 Å². The fourth-order valence-corrected chi connectivity index (χ4v) is 1.89. The van der Waals surface area contributed by atoms with Crippen LogP contribution in [-0.4, -0.2) is 23.5 Å². The molecule has 18 heavy (non-hydrogen) atoms. The maximum Gasteiger partial charge on any atom is 0.167 e. The molecule has 0 saturated heterocycles. The summed E-state index contributed by atoms with van der Waals surface area (Å²) in [7, 11) is 1.62. The fourth-order valence-electron chi connectivity index (χ4n) is 1.89. The van der Waals surface area contributed by atoms with Gasteiger partial charge in [0.25, 0.3) is 0 Å². The van der Waals surface area contributed by atoms with Gasteiger partial charge in [-0.2, -0.15) is 0 Å². The van der Waals surface area contributed by atoms with E-state index < -0.39 is 5.60 Å². The number of nitrogens with zero attached hydrogens (tertiary/aromatic N) is 1. The largest absolute Gasteiger partial charge is 0.378 e. The van der Waals surface area contributed by atoms with E-state index in [2.05, 4.69) is 4.98 Å². The lowest BCUT2D eigenvalue weighted by Crippen LogP contribution is -2.26. The molecule has 2 aromatic rings. The van der Waals surface area contributed by atoms with Crippen molar-refractivity contribution in [2.24, 2.45) is 0 Å². The summed E-state index contributed by atoms with van der Waals surface area (Å²) in [6, 6.07) is 7.78. The number of carbonyl (C=O) groups is 1. The Bertz CT molecular complexity index is 570. The van der Waals surface area contributed by atoms with Gasteiger partial charge in [0, 0.05) is 36.9 Å². The molecule has 0 fully saturated rings. The third-order valence-electron chi connectivity index (χ3n) is 3.11. The van der Waals surface area contributed by atoms with Crippen molar-refractivity contribution in [2.75, 3.05) is 7.11 Å². The molecule has 1 heterocycles. The normalized spacial score (nSPS) is 11.7. The zero-order chi connectivity index (χ0) is 13.2. The van der Waals surface area contributed by atoms with Crippen molar-refractivity contribution in [1.29, 1.82) is 0 Å². The number of ketones is 1. The first-order valence-corrected chi connectivity index (χ1v) is 5.94. The molecule has 2 rings (SSSR count). The second-order valence-corrected chi connectivity index (χ2v) is 4.97. The lowest BCUT2D eigenvalue weighted by atomic mass is 9.95. The molecule has 1 aromatic heterocycles. The Morgan fingerprint density at radius 2 is 2.00 bits per heavy atom. The zero-order valence-electron chi connectivity index (χ0n) is 10.9. The minimum Gasteiger partial charge on any atom is -0.378 e. The molecule has 0 spiro atoms. The van der Waals surface area contributed by atoms with Crippen molar-refractivity contribution in [3.63, 3.8) is 0 Å². The molecule has 1 aromatic carbocycles. The number of aromatic nitrogens is 1. The number of Topliss-reactive ketones (excluding diaryl/α,β-unsaturated/α-hetero) is 1. The average Bonchev–Trinajstić information content (AvgIpc) is 2.37. The number of pyridine rings is 1. The van der Waals surface area contributed by atoms with E-state index in [1.807, 2.05) is 38.1 Å². The van der Waals surface area contributed by atoms with Crippen LogP contribution >= 0.6 is 0 Å². The quantitative estimate of drug-likeness (QED) is 0.774. The summed E-state index contributed by atoms with van der Waals surface area (Å²) in [6.45, 7) is 3.81. The van der Waals surface area contributed by atoms with Crippen LogP contribution in [0.4, 0.5) is 0 Å². The van der Waals surface area contributed by atoms with Gasteiger partial charge in [-0.3, -0.25) is 9.78 Å². The Morgan fingerprint density at radius 3 is 2.72 bits per heavy atom. The van der Waals surface area contributed by atoms with E-state index in [0.717, 1.165) is 10.8 Å². The SMILES string of the molecule is COC(C)(C)CC(=O)c1cncc2ccccc12. The standard InChI is InChI=1S/C15H17NO2/c1-15(2,18-3)8-14(17)13-10-16-9-11-6-4-5-7-12(11)13/h4-7,9-10H,8H2,1-3H3. The smallest absolute Gasteiger partial charge is 0.167 e. The topological polar surface area (TPSA) is 39.2 Å². The average molecular weight is 243 g/mol. The van der Waals surface area contributed by atoms with Crippen LogP contribution < -0.4 is 0 Å². The highest BCUT2D eigenvalue weighted by Gasteiger charge is 2.23. The molecule has 0 bridgehead atoms. The molecule has 0 radical (unpaired) electrons. The molecule has 0 aliphatic heterocycles. The van der Waals surface area contributed by atoms with Gasteiger partial charge in [0.15, 0.2) is 5.78 Å². The summed E-state index contributed by atoms with van der Waals surface area (Å²) in [5.74, 6) is 0.0613. The van der Waals surface area contributed by atoms with Gasteiger partial charge < -0.3 is 4.74 Å². The molecule has 3 nitrogen and oxygen atoms in total. The highest BCUT2D eigenvalue weighted by molar-refractivity contribution is 6.07. The molecular formula is C15H17NO2. The number of rotatable bonds is 4. The van der Waals surface area contributed by atoms with Crippen LogP contribution in [-0.2, 0) is 4.74 Å². The number of carbonyl (C=O) groups excluding carboxylic acids is 1. The lowest BCUT2D eigenvalue weighted by Gasteiger charge is -2.21. The number of hydrogen-bond donors (Lipinski definition) is 0. The van der Waals surface area contributed by atoms with Gasteiger partial charge in [0.1, 0.15) is 0 Å². The molecular weight excluding hydrogens is 226 g/mol. The first-order chi connectivity index (χ1) is 8.53. The summed E-state index contributed by atoms with van der Waals surface area (Å²) >= 11 is 0. The van der Waals surface area contributed by atoms with Crippen LogP contribution in [0, 0.1) is 0 Å². The van der Waals surface area contributed by atoms with Gasteiger partial charge in [-0.15, -0.1) is 0 Å². The van der Waals surface area contributed by atoms with Crippen LogP contribution in [0.2, 0.25) is 0 Å². The molecule has 0 saturated carbocycles. The van der Waals surface area contributed by atoms with Crippen LogP contribution in [0.15, 0.2) is 36.7 Å². The van der Waals surface area contributed by atoms with E-state index in [1.54, 1.807) is 19.5 Å². The number of fused-ring (bicyclic) bond motifs is 1. The summed E-state index contributed by atoms with van der Waals surface area (Å²) in [4.78, 5) is 16.4. The van der Waals surface area contributed by atoms with Crippen LogP contribution in [0.25, 0.3) is 10.8 Å². The van der Waals surface area contributed by atoms with E-state index in [9.17, 15) is 4.79 Å². The van der Waals surface area contributed by atoms with Crippen molar-refractivity contribution in [3.05, 3.63) is 42.2 Å². The Labute approximate surface area is 107 Å². The third-order valence-corrected chi connectivity index (χ3v) is 3.11. The maximum atomic E-state index is 12.3. The second kappa shape index (κ2) is 4.86. The Hall–Kier alpha value is -1.74. The predicted octanol–water partition coefficient (Wildman–Crippen LogP) is 3.23. The van der Waals surface area contributed by atoms with Gasteiger partial charge >= 0.3 is 0 Å². The van der Waals surface area contributed by atoms with Crippen molar-refractivity contribution >= 4 is 16.6 Å². The van der Waals surface area contributed by atoms with Gasteiger partial charge in [-0.05, 0) is 19.2 Å². The van der Waals surface area contributed by atoms with Crippen molar-refractivity contribution in [1.82, 2.24) is 4.98 Å². The first kappa shape index (κ1) is 12.7. The molecule has 0 aliphatic rings. The van der Waals surface area contributed by atoms with E-state index in [4.69, 9.17) is 4.74 Å². The molecule has 3 heteroatoms. The molecule has 94 valence electrons. The zero-order valence-corrected chi connectivity index (χ0v) is 10.9. The van der Waals surface area contributed by atoms with E-state index in [0.29, 0.717) is 12.0 Å². The summed E-state index contributed by atoms with van der Waals surface area (Å²) < 4.78 is 5.30. The van der Waals surface area contributed by atoms with Crippen LogP contribution in [0.5, 0.6) is 0 Å². The molecule has 0 atom stereocenters.